The average molecular weight is 351 g/mol. The lowest BCUT2D eigenvalue weighted by atomic mass is 10.2. The van der Waals surface area contributed by atoms with Crippen LogP contribution < -0.4 is 18.9 Å². The molecule has 0 saturated carbocycles. The smallest absolute Gasteiger partial charge is 0.240 e. The highest BCUT2D eigenvalue weighted by Crippen LogP contribution is 2.38. The molecular formula is C17H21NO5S. The lowest BCUT2D eigenvalue weighted by Gasteiger charge is -2.15. The molecule has 0 saturated heterocycles. The summed E-state index contributed by atoms with van der Waals surface area (Å²) in [4.78, 5) is 0.217. The molecule has 0 aliphatic heterocycles. The van der Waals surface area contributed by atoms with Crippen molar-refractivity contribution in [1.29, 1.82) is 0 Å². The number of hydrogen-bond donors (Lipinski definition) is 1. The topological polar surface area (TPSA) is 73.9 Å². The fourth-order valence-electron chi connectivity index (χ4n) is 2.18. The molecule has 0 radical (unpaired) electrons. The van der Waals surface area contributed by atoms with Crippen LogP contribution in [0.4, 0.5) is 0 Å². The Morgan fingerprint density at radius 3 is 2.08 bits per heavy atom. The summed E-state index contributed by atoms with van der Waals surface area (Å²) in [5, 5.41) is 0. The summed E-state index contributed by atoms with van der Waals surface area (Å²) in [7, 11) is -0.535. The summed E-state index contributed by atoms with van der Waals surface area (Å²) in [5.41, 5.74) is 0.701. The minimum atomic E-state index is -3.58. The molecule has 130 valence electrons. The zero-order valence-corrected chi connectivity index (χ0v) is 14.7. The number of methoxy groups -OCH3 is 2. The van der Waals surface area contributed by atoms with E-state index in [9.17, 15) is 8.42 Å². The Balaban J connectivity index is 2.24. The van der Waals surface area contributed by atoms with E-state index in [1.807, 2.05) is 6.92 Å². The Bertz CT molecular complexity index is 750. The molecule has 2 aromatic rings. The predicted molar refractivity (Wildman–Crippen MR) is 91.2 cm³/mol. The third kappa shape index (κ3) is 4.18. The van der Waals surface area contributed by atoms with Crippen molar-refractivity contribution in [1.82, 2.24) is 4.72 Å². The molecule has 0 fully saturated rings. The van der Waals surface area contributed by atoms with E-state index in [0.29, 0.717) is 29.4 Å². The summed E-state index contributed by atoms with van der Waals surface area (Å²) in [6.07, 6.45) is 0. The molecule has 0 aliphatic rings. The van der Waals surface area contributed by atoms with E-state index in [1.165, 1.54) is 14.2 Å². The molecule has 0 spiro atoms. The molecule has 2 rings (SSSR count). The van der Waals surface area contributed by atoms with Gasteiger partial charge in [0.1, 0.15) is 0 Å². The van der Waals surface area contributed by atoms with Gasteiger partial charge in [0.05, 0.1) is 25.7 Å². The summed E-state index contributed by atoms with van der Waals surface area (Å²) >= 11 is 0. The quantitative estimate of drug-likeness (QED) is 0.791. The van der Waals surface area contributed by atoms with E-state index < -0.39 is 10.0 Å². The standard InChI is InChI=1S/C17H21NO5S/c1-4-23-17-15(21-2)10-13(11-16(17)22-3)12-18-24(19,20)14-8-6-5-7-9-14/h5-11,18H,4,12H2,1-3H3. The van der Waals surface area contributed by atoms with Crippen molar-refractivity contribution in [3.63, 3.8) is 0 Å². The van der Waals surface area contributed by atoms with Gasteiger partial charge in [0, 0.05) is 6.54 Å². The van der Waals surface area contributed by atoms with Gasteiger partial charge in [-0.15, -0.1) is 0 Å². The van der Waals surface area contributed by atoms with Crippen LogP contribution in [0.25, 0.3) is 0 Å². The largest absolute Gasteiger partial charge is 0.493 e. The van der Waals surface area contributed by atoms with Gasteiger partial charge >= 0.3 is 0 Å². The third-order valence-electron chi connectivity index (χ3n) is 3.33. The molecule has 0 aliphatic carbocycles. The van der Waals surface area contributed by atoms with Crippen molar-refractivity contribution in [2.24, 2.45) is 0 Å². The lowest BCUT2D eigenvalue weighted by Crippen LogP contribution is -2.23. The molecule has 0 bridgehead atoms. The fraction of sp³-hybridized carbons (Fsp3) is 0.294. The van der Waals surface area contributed by atoms with Gasteiger partial charge in [0.15, 0.2) is 11.5 Å². The van der Waals surface area contributed by atoms with E-state index in [-0.39, 0.29) is 11.4 Å². The van der Waals surface area contributed by atoms with E-state index in [2.05, 4.69) is 4.72 Å². The molecule has 0 aromatic heterocycles. The van der Waals surface area contributed by atoms with Crippen LogP contribution in [0.1, 0.15) is 12.5 Å². The monoisotopic (exact) mass is 351 g/mol. The fourth-order valence-corrected chi connectivity index (χ4v) is 3.22. The first kappa shape index (κ1) is 18.1. The average Bonchev–Trinajstić information content (AvgIpc) is 2.61. The first-order valence-corrected chi connectivity index (χ1v) is 8.92. The number of ether oxygens (including phenoxy) is 3. The van der Waals surface area contributed by atoms with Crippen LogP contribution >= 0.6 is 0 Å². The number of hydrogen-bond acceptors (Lipinski definition) is 5. The van der Waals surface area contributed by atoms with Crippen molar-refractivity contribution in [3.8, 4) is 17.2 Å². The maximum absolute atomic E-state index is 12.3. The van der Waals surface area contributed by atoms with Gasteiger partial charge in [-0.1, -0.05) is 18.2 Å². The third-order valence-corrected chi connectivity index (χ3v) is 4.75. The van der Waals surface area contributed by atoms with E-state index in [0.717, 1.165) is 0 Å². The molecule has 6 nitrogen and oxygen atoms in total. The van der Waals surface area contributed by atoms with E-state index >= 15 is 0 Å². The number of sulfonamides is 1. The Morgan fingerprint density at radius 1 is 1.00 bits per heavy atom. The zero-order chi connectivity index (χ0) is 17.6. The Labute approximate surface area is 142 Å². The van der Waals surface area contributed by atoms with Gasteiger partial charge in [-0.05, 0) is 36.8 Å². The summed E-state index contributed by atoms with van der Waals surface area (Å²) in [6, 6.07) is 11.7. The van der Waals surface area contributed by atoms with Crippen LogP contribution in [-0.2, 0) is 16.6 Å². The highest BCUT2D eigenvalue weighted by atomic mass is 32.2. The number of rotatable bonds is 8. The Morgan fingerprint density at radius 2 is 1.58 bits per heavy atom. The highest BCUT2D eigenvalue weighted by molar-refractivity contribution is 7.89. The maximum Gasteiger partial charge on any atom is 0.240 e. The Hall–Kier alpha value is -2.25. The Kier molecular flexibility index (Phi) is 6.05. The predicted octanol–water partition coefficient (Wildman–Crippen LogP) is 2.58. The summed E-state index contributed by atoms with van der Waals surface area (Å²) < 4.78 is 43.3. The van der Waals surface area contributed by atoms with Gasteiger partial charge in [-0.3, -0.25) is 0 Å². The van der Waals surface area contributed by atoms with Crippen LogP contribution in [-0.4, -0.2) is 29.2 Å². The van der Waals surface area contributed by atoms with E-state index in [4.69, 9.17) is 14.2 Å². The van der Waals surface area contributed by atoms with Gasteiger partial charge in [-0.2, -0.15) is 0 Å². The molecular weight excluding hydrogens is 330 g/mol. The normalized spacial score (nSPS) is 11.1. The number of benzene rings is 2. The van der Waals surface area contributed by atoms with E-state index in [1.54, 1.807) is 42.5 Å². The van der Waals surface area contributed by atoms with Crippen LogP contribution in [0.5, 0.6) is 17.2 Å². The molecule has 0 heterocycles. The molecule has 24 heavy (non-hydrogen) atoms. The molecule has 7 heteroatoms. The second-order valence-corrected chi connectivity index (χ2v) is 6.67. The second-order valence-electron chi connectivity index (χ2n) is 4.90. The summed E-state index contributed by atoms with van der Waals surface area (Å²) in [6.45, 7) is 2.43. The van der Waals surface area contributed by atoms with Gasteiger partial charge in [0.2, 0.25) is 15.8 Å². The van der Waals surface area contributed by atoms with Crippen LogP contribution in [0.3, 0.4) is 0 Å². The molecule has 0 atom stereocenters. The molecule has 1 N–H and O–H groups in total. The second kappa shape index (κ2) is 8.03. The zero-order valence-electron chi connectivity index (χ0n) is 13.9. The van der Waals surface area contributed by atoms with Crippen LogP contribution in [0.2, 0.25) is 0 Å². The minimum Gasteiger partial charge on any atom is -0.493 e. The van der Waals surface area contributed by atoms with Crippen LogP contribution in [0.15, 0.2) is 47.4 Å². The maximum atomic E-state index is 12.3. The van der Waals surface area contributed by atoms with Crippen molar-refractivity contribution < 1.29 is 22.6 Å². The molecule has 0 unspecified atom stereocenters. The van der Waals surface area contributed by atoms with Gasteiger partial charge in [0.25, 0.3) is 0 Å². The SMILES string of the molecule is CCOc1c(OC)cc(CNS(=O)(=O)c2ccccc2)cc1OC. The van der Waals surface area contributed by atoms with Crippen molar-refractivity contribution in [2.75, 3.05) is 20.8 Å². The first-order chi connectivity index (χ1) is 11.5. The molecule has 2 aromatic carbocycles. The summed E-state index contributed by atoms with van der Waals surface area (Å²) in [5.74, 6) is 1.48. The first-order valence-electron chi connectivity index (χ1n) is 7.44. The van der Waals surface area contributed by atoms with Gasteiger partial charge < -0.3 is 14.2 Å². The van der Waals surface area contributed by atoms with Crippen molar-refractivity contribution >= 4 is 10.0 Å². The van der Waals surface area contributed by atoms with Crippen LogP contribution in [0, 0.1) is 0 Å². The van der Waals surface area contributed by atoms with Crippen molar-refractivity contribution in [3.05, 3.63) is 48.0 Å². The van der Waals surface area contributed by atoms with Crippen molar-refractivity contribution in [2.45, 2.75) is 18.4 Å². The lowest BCUT2D eigenvalue weighted by molar-refractivity contribution is 0.288. The highest BCUT2D eigenvalue weighted by Gasteiger charge is 2.16. The minimum absolute atomic E-state index is 0.107. The van der Waals surface area contributed by atoms with Gasteiger partial charge in [-0.25, -0.2) is 13.1 Å². The number of nitrogens with one attached hydrogen (secondary N) is 1. The molecule has 0 amide bonds.